The zero-order valence-electron chi connectivity index (χ0n) is 14.4. The van der Waals surface area contributed by atoms with Crippen LogP contribution < -0.4 is 4.74 Å². The first kappa shape index (κ1) is 16.1. The summed E-state index contributed by atoms with van der Waals surface area (Å²) >= 11 is 0. The lowest BCUT2D eigenvalue weighted by Gasteiger charge is -2.35. The summed E-state index contributed by atoms with van der Waals surface area (Å²) in [6.45, 7) is 1.41. The van der Waals surface area contributed by atoms with Crippen molar-refractivity contribution in [1.82, 2.24) is 0 Å². The monoisotopic (exact) mass is 330 g/mol. The Hall–Kier alpha value is -1.39. The summed E-state index contributed by atoms with van der Waals surface area (Å²) < 4.78 is 16.9. The normalized spacial score (nSPS) is 32.3. The Kier molecular flexibility index (Phi) is 4.35. The van der Waals surface area contributed by atoms with Crippen LogP contribution in [0.3, 0.4) is 0 Å². The summed E-state index contributed by atoms with van der Waals surface area (Å²) in [6.07, 6.45) is 7.41. The third-order valence-electron chi connectivity index (χ3n) is 6.02. The molecule has 4 nitrogen and oxygen atoms in total. The third kappa shape index (κ3) is 2.86. The largest absolute Gasteiger partial charge is 0.491 e. The lowest BCUT2D eigenvalue weighted by Crippen LogP contribution is -2.35. The number of benzene rings is 1. The lowest BCUT2D eigenvalue weighted by molar-refractivity contribution is 0.0285. The Labute approximate surface area is 143 Å². The second kappa shape index (κ2) is 6.49. The van der Waals surface area contributed by atoms with E-state index in [1.54, 1.807) is 7.11 Å². The molecule has 1 heterocycles. The van der Waals surface area contributed by atoms with Crippen LogP contribution in [0.5, 0.6) is 5.75 Å². The highest BCUT2D eigenvalue weighted by Gasteiger charge is 2.47. The maximum Gasteiger partial charge on any atom is 0.169 e. The average molecular weight is 330 g/mol. The van der Waals surface area contributed by atoms with E-state index in [4.69, 9.17) is 14.2 Å². The molecule has 1 saturated heterocycles. The molecule has 2 fully saturated rings. The van der Waals surface area contributed by atoms with E-state index in [2.05, 4.69) is 6.07 Å². The molecule has 130 valence electrons. The SMILES string of the molecule is CO[C@H]1CC[C@]2(CC1)Cc1ccc(OCC3CCCO3)cc1C2=O. The number of fused-ring (bicyclic) bond motifs is 1. The van der Waals surface area contributed by atoms with Crippen molar-refractivity contribution >= 4 is 5.78 Å². The Balaban J connectivity index is 1.46. The number of hydrogen-bond acceptors (Lipinski definition) is 4. The minimum atomic E-state index is -0.190. The van der Waals surface area contributed by atoms with Crippen molar-refractivity contribution in [1.29, 1.82) is 0 Å². The topological polar surface area (TPSA) is 44.8 Å². The maximum absolute atomic E-state index is 13.1. The number of rotatable bonds is 4. The molecule has 2 aliphatic carbocycles. The Morgan fingerprint density at radius 3 is 2.79 bits per heavy atom. The summed E-state index contributed by atoms with van der Waals surface area (Å²) in [5, 5.41) is 0. The maximum atomic E-state index is 13.1. The second-order valence-electron chi connectivity index (χ2n) is 7.49. The van der Waals surface area contributed by atoms with Crippen molar-refractivity contribution in [3.05, 3.63) is 29.3 Å². The Morgan fingerprint density at radius 2 is 2.08 bits per heavy atom. The van der Waals surface area contributed by atoms with Crippen LogP contribution in [0.1, 0.15) is 54.4 Å². The standard InChI is InChI=1S/C20H26O4/c1-22-15-6-8-20(9-7-15)12-14-4-5-16(11-18(14)19(20)21)24-13-17-3-2-10-23-17/h4-5,11,15,17H,2-3,6-10,12-13H2,1H3/t15-,17?,20-. The molecule has 4 rings (SSSR count). The van der Waals surface area contributed by atoms with Crippen molar-refractivity contribution in [3.8, 4) is 5.75 Å². The van der Waals surface area contributed by atoms with Gasteiger partial charge in [-0.15, -0.1) is 0 Å². The van der Waals surface area contributed by atoms with E-state index < -0.39 is 0 Å². The Morgan fingerprint density at radius 1 is 1.25 bits per heavy atom. The van der Waals surface area contributed by atoms with Crippen molar-refractivity contribution in [2.45, 2.75) is 57.2 Å². The van der Waals surface area contributed by atoms with Gasteiger partial charge in [0, 0.05) is 24.7 Å². The second-order valence-corrected chi connectivity index (χ2v) is 7.49. The van der Waals surface area contributed by atoms with Crippen LogP contribution in [0.25, 0.3) is 0 Å². The molecular formula is C20H26O4. The number of carbonyl (C=O) groups is 1. The molecular weight excluding hydrogens is 304 g/mol. The molecule has 1 aromatic carbocycles. The van der Waals surface area contributed by atoms with E-state index in [1.165, 1.54) is 5.56 Å². The first-order chi connectivity index (χ1) is 11.7. The van der Waals surface area contributed by atoms with Gasteiger partial charge in [0.15, 0.2) is 5.78 Å². The molecule has 1 aliphatic heterocycles. The summed E-state index contributed by atoms with van der Waals surface area (Å²) in [5.41, 5.74) is 1.86. The number of ether oxygens (including phenoxy) is 3. The predicted octanol–water partition coefficient (Wildman–Crippen LogP) is 3.56. The molecule has 1 saturated carbocycles. The van der Waals surface area contributed by atoms with Gasteiger partial charge in [0.25, 0.3) is 0 Å². The van der Waals surface area contributed by atoms with Crippen molar-refractivity contribution in [2.24, 2.45) is 5.41 Å². The summed E-state index contributed by atoms with van der Waals surface area (Å²) in [6, 6.07) is 6.03. The molecule has 0 radical (unpaired) electrons. The van der Waals surface area contributed by atoms with Gasteiger partial charge in [-0.2, -0.15) is 0 Å². The Bertz CT molecular complexity index is 610. The van der Waals surface area contributed by atoms with Gasteiger partial charge in [0.05, 0.1) is 12.2 Å². The van der Waals surface area contributed by atoms with Crippen LogP contribution in [0.2, 0.25) is 0 Å². The average Bonchev–Trinajstić information content (AvgIpc) is 3.22. The molecule has 1 aromatic rings. The van der Waals surface area contributed by atoms with Gasteiger partial charge in [-0.25, -0.2) is 0 Å². The van der Waals surface area contributed by atoms with Crippen LogP contribution in [-0.2, 0) is 15.9 Å². The van der Waals surface area contributed by atoms with E-state index in [0.29, 0.717) is 18.5 Å². The zero-order valence-corrected chi connectivity index (χ0v) is 14.4. The van der Waals surface area contributed by atoms with E-state index in [-0.39, 0.29) is 11.5 Å². The molecule has 24 heavy (non-hydrogen) atoms. The molecule has 1 spiro atoms. The minimum absolute atomic E-state index is 0.190. The van der Waals surface area contributed by atoms with Crippen LogP contribution in [0, 0.1) is 5.41 Å². The van der Waals surface area contributed by atoms with Gasteiger partial charge in [-0.05, 0) is 62.6 Å². The number of ketones is 1. The predicted molar refractivity (Wildman–Crippen MR) is 90.6 cm³/mol. The van der Waals surface area contributed by atoms with Crippen LogP contribution in [0.4, 0.5) is 0 Å². The van der Waals surface area contributed by atoms with E-state index in [1.807, 2.05) is 12.1 Å². The van der Waals surface area contributed by atoms with Gasteiger partial charge >= 0.3 is 0 Å². The molecule has 3 aliphatic rings. The van der Waals surface area contributed by atoms with Gasteiger partial charge < -0.3 is 14.2 Å². The number of methoxy groups -OCH3 is 1. The van der Waals surface area contributed by atoms with Crippen LogP contribution >= 0.6 is 0 Å². The van der Waals surface area contributed by atoms with E-state index in [0.717, 1.165) is 62.9 Å². The molecule has 4 heteroatoms. The summed E-state index contributed by atoms with van der Waals surface area (Å²) in [5.74, 6) is 1.11. The van der Waals surface area contributed by atoms with Gasteiger partial charge in [-0.1, -0.05) is 6.07 Å². The highest BCUT2D eigenvalue weighted by Crippen LogP contribution is 2.48. The molecule has 0 bridgehead atoms. The molecule has 0 amide bonds. The summed E-state index contributed by atoms with van der Waals surface area (Å²) in [4.78, 5) is 13.1. The van der Waals surface area contributed by atoms with Gasteiger partial charge in [0.2, 0.25) is 0 Å². The van der Waals surface area contributed by atoms with Crippen LogP contribution in [0.15, 0.2) is 18.2 Å². The smallest absolute Gasteiger partial charge is 0.169 e. The molecule has 0 aromatic heterocycles. The van der Waals surface area contributed by atoms with E-state index >= 15 is 0 Å². The summed E-state index contributed by atoms with van der Waals surface area (Å²) in [7, 11) is 1.77. The van der Waals surface area contributed by atoms with Crippen molar-refractivity contribution < 1.29 is 19.0 Å². The van der Waals surface area contributed by atoms with E-state index in [9.17, 15) is 4.79 Å². The van der Waals surface area contributed by atoms with Gasteiger partial charge in [-0.3, -0.25) is 4.79 Å². The minimum Gasteiger partial charge on any atom is -0.491 e. The number of Topliss-reactive ketones (excluding diaryl/α,β-unsaturated/α-hetero) is 1. The van der Waals surface area contributed by atoms with Crippen molar-refractivity contribution in [2.75, 3.05) is 20.3 Å². The van der Waals surface area contributed by atoms with Crippen molar-refractivity contribution in [3.63, 3.8) is 0 Å². The fraction of sp³-hybridized carbons (Fsp3) is 0.650. The fourth-order valence-electron chi connectivity index (χ4n) is 4.49. The molecule has 1 unspecified atom stereocenters. The first-order valence-corrected chi connectivity index (χ1v) is 9.15. The highest BCUT2D eigenvalue weighted by atomic mass is 16.5. The fourth-order valence-corrected chi connectivity index (χ4v) is 4.49. The first-order valence-electron chi connectivity index (χ1n) is 9.15. The lowest BCUT2D eigenvalue weighted by atomic mass is 9.70. The quantitative estimate of drug-likeness (QED) is 0.847. The highest BCUT2D eigenvalue weighted by molar-refractivity contribution is 6.05. The zero-order chi connectivity index (χ0) is 16.6. The number of carbonyl (C=O) groups excluding carboxylic acids is 1. The van der Waals surface area contributed by atoms with Crippen LogP contribution in [-0.4, -0.2) is 38.3 Å². The third-order valence-corrected chi connectivity index (χ3v) is 6.02. The number of hydrogen-bond donors (Lipinski definition) is 0. The molecule has 0 N–H and O–H groups in total. The molecule has 1 atom stereocenters. The van der Waals surface area contributed by atoms with Gasteiger partial charge in [0.1, 0.15) is 12.4 Å².